The molecule has 2 unspecified atom stereocenters. The molecule has 0 amide bonds. The zero-order valence-corrected chi connectivity index (χ0v) is 16.8. The van der Waals surface area contributed by atoms with Gasteiger partial charge in [-0.1, -0.05) is 58.8 Å². The molecule has 0 aromatic heterocycles. The summed E-state index contributed by atoms with van der Waals surface area (Å²) in [6, 6.07) is 0. The van der Waals surface area contributed by atoms with Gasteiger partial charge in [-0.25, -0.2) is 0 Å². The summed E-state index contributed by atoms with van der Waals surface area (Å²) in [5.74, 6) is -2.66. The van der Waals surface area contributed by atoms with Crippen LogP contribution in [0.4, 0.5) is 0 Å². The molecule has 0 saturated carbocycles. The van der Waals surface area contributed by atoms with E-state index < -0.39 is 39.8 Å². The summed E-state index contributed by atoms with van der Waals surface area (Å²) in [5, 5.41) is 6.70. The number of aliphatic carboxylic acids is 1. The fourth-order valence-electron chi connectivity index (χ4n) is 2.75. The Kier molecular flexibility index (Phi) is 23.7. The molecule has 0 rings (SSSR count). The molecule has 10 heteroatoms. The summed E-state index contributed by atoms with van der Waals surface area (Å²) in [5.41, 5.74) is 0. The van der Waals surface area contributed by atoms with Gasteiger partial charge >= 0.3 is 71.1 Å². The molecular weight excluding hydrogens is 406 g/mol. The molecule has 0 radical (unpaired) electrons. The predicted molar refractivity (Wildman–Crippen MR) is 114 cm³/mol. The Hall–Kier alpha value is 0.850. The van der Waals surface area contributed by atoms with Gasteiger partial charge in [0, 0.05) is 0 Å². The number of carboxylic acid groups (broad SMARTS) is 1. The van der Waals surface area contributed by atoms with Crippen LogP contribution in [0.3, 0.4) is 0 Å². The fraction of sp³-hybridized carbons (Fsp3) is 0.889. The molecule has 2 atom stereocenters. The average molecular weight is 443 g/mol. The van der Waals surface area contributed by atoms with Gasteiger partial charge in [0.1, 0.15) is 6.10 Å². The summed E-state index contributed by atoms with van der Waals surface area (Å²) >= 11 is 0. The second kappa shape index (κ2) is 19.8. The third-order valence-electron chi connectivity index (χ3n) is 4.27. The van der Waals surface area contributed by atoms with Crippen molar-refractivity contribution < 1.29 is 32.4 Å². The molecule has 0 aliphatic rings. The number of carbonyl (C=O) groups excluding carboxylic acids is 1. The van der Waals surface area contributed by atoms with Crippen LogP contribution in [0.5, 0.6) is 0 Å². The zero-order chi connectivity index (χ0) is 20.0. The third-order valence-corrected chi connectivity index (χ3v) is 5.35. The molecule has 0 bridgehead atoms. The molecule has 2 N–H and O–H groups in total. The Morgan fingerprint density at radius 1 is 0.857 bits per heavy atom. The van der Waals surface area contributed by atoms with Crippen LogP contribution in [0.1, 0.15) is 90.9 Å². The second-order valence-corrected chi connectivity index (χ2v) is 8.31. The number of hydrogen-bond donors (Lipinski definition) is 2. The summed E-state index contributed by atoms with van der Waals surface area (Å²) in [4.78, 5) is 22.9. The number of carboxylic acids is 1. The van der Waals surface area contributed by atoms with Crippen molar-refractivity contribution in [3.05, 3.63) is 0 Å². The van der Waals surface area contributed by atoms with Gasteiger partial charge in [-0.2, -0.15) is 8.42 Å². The molecule has 0 saturated heterocycles. The molecule has 0 fully saturated rings. The van der Waals surface area contributed by atoms with Gasteiger partial charge in [-0.15, -0.1) is 0 Å². The van der Waals surface area contributed by atoms with Gasteiger partial charge in [0.15, 0.2) is 5.25 Å². The maximum atomic E-state index is 12.1. The Bertz CT molecular complexity index is 512. The Balaban J connectivity index is -0.00000312. The quantitative estimate of drug-likeness (QED) is 0.163. The van der Waals surface area contributed by atoms with Crippen molar-refractivity contribution in [2.24, 2.45) is 0 Å². The van der Waals surface area contributed by atoms with Crippen LogP contribution in [-0.4, -0.2) is 100 Å². The molecule has 28 heavy (non-hydrogen) atoms. The van der Waals surface area contributed by atoms with Crippen molar-refractivity contribution in [1.29, 1.82) is 0 Å². The van der Waals surface area contributed by atoms with Crippen LogP contribution in [0.2, 0.25) is 0 Å². The first-order valence-corrected chi connectivity index (χ1v) is 11.1. The van der Waals surface area contributed by atoms with E-state index in [0.29, 0.717) is 12.8 Å². The minimum atomic E-state index is -4.82. The van der Waals surface area contributed by atoms with Gasteiger partial charge in [-0.3, -0.25) is 14.1 Å². The van der Waals surface area contributed by atoms with Crippen LogP contribution in [0, 0.1) is 0 Å². The number of esters is 1. The van der Waals surface area contributed by atoms with E-state index in [1.807, 2.05) is 0 Å². The summed E-state index contributed by atoms with van der Waals surface area (Å²) in [6.07, 6.45) is 9.02. The van der Waals surface area contributed by atoms with E-state index in [-0.39, 0.29) is 59.1 Å². The first-order valence-electron chi connectivity index (χ1n) is 9.60. The van der Waals surface area contributed by atoms with Gasteiger partial charge in [0.25, 0.3) is 10.1 Å². The molecule has 0 heterocycles. The van der Waals surface area contributed by atoms with E-state index in [1.165, 1.54) is 0 Å². The monoisotopic (exact) mass is 442 g/mol. The number of rotatable bonds is 16. The van der Waals surface area contributed by atoms with Crippen LogP contribution in [0.15, 0.2) is 0 Å². The van der Waals surface area contributed by atoms with E-state index in [4.69, 9.17) is 14.4 Å². The van der Waals surface area contributed by atoms with Crippen LogP contribution in [0.25, 0.3) is 0 Å². The number of ether oxygens (including phenoxy) is 1. The first kappa shape index (κ1) is 33.5. The molecule has 0 spiro atoms. The Morgan fingerprint density at radius 3 is 1.68 bits per heavy atom. The summed E-state index contributed by atoms with van der Waals surface area (Å²) < 4.78 is 37.0. The van der Waals surface area contributed by atoms with E-state index in [2.05, 4.69) is 13.8 Å². The summed E-state index contributed by atoms with van der Waals surface area (Å²) in [7, 11) is -4.82. The predicted octanol–water partition coefficient (Wildman–Crippen LogP) is 2.66. The molecule has 158 valence electrons. The molecule has 0 aliphatic carbocycles. The first-order chi connectivity index (χ1) is 12.2. The zero-order valence-electron chi connectivity index (χ0n) is 16.0. The molecule has 0 aromatic rings. The number of hydrogen-bond acceptors (Lipinski definition) is 5. The Morgan fingerprint density at radius 2 is 1.29 bits per heavy atom. The summed E-state index contributed by atoms with van der Waals surface area (Å²) in [6.45, 7) is 4.21. The van der Waals surface area contributed by atoms with Crippen molar-refractivity contribution in [3.63, 3.8) is 0 Å². The van der Waals surface area contributed by atoms with Crippen LogP contribution >= 0.6 is 0 Å². The SMILES string of the molecule is CCCCCCCC(CCCCCC)OC(=O)C(CC(=O)O)S(=O)(=O)O.[NaH].[NaH]. The molecule has 0 aliphatic heterocycles. The maximum absolute atomic E-state index is 12.1. The van der Waals surface area contributed by atoms with Crippen molar-refractivity contribution >= 4 is 81.2 Å². The topological polar surface area (TPSA) is 118 Å². The Labute approximate surface area is 214 Å². The minimum absolute atomic E-state index is 0. The number of carbonyl (C=O) groups is 2. The van der Waals surface area contributed by atoms with Crippen molar-refractivity contribution in [3.8, 4) is 0 Å². The second-order valence-electron chi connectivity index (χ2n) is 6.71. The van der Waals surface area contributed by atoms with Gasteiger partial charge in [-0.05, 0) is 25.7 Å². The van der Waals surface area contributed by atoms with E-state index in [1.54, 1.807) is 0 Å². The van der Waals surface area contributed by atoms with Gasteiger partial charge in [0.2, 0.25) is 0 Å². The van der Waals surface area contributed by atoms with Gasteiger partial charge in [0.05, 0.1) is 6.42 Å². The third kappa shape index (κ3) is 17.7. The standard InChI is InChI=1S/C18H34O7S.2Na.2H/c1-3-5-7-9-11-13-15(12-10-8-6-4-2)25-18(21)16(14-17(19)20)26(22,23)24;;;;/h15-16H,3-14H2,1-2H3,(H,19,20)(H,22,23,24);;;;. The van der Waals surface area contributed by atoms with Gasteiger partial charge < -0.3 is 9.84 Å². The fourth-order valence-corrected chi connectivity index (χ4v) is 3.40. The van der Waals surface area contributed by atoms with E-state index in [0.717, 1.165) is 57.8 Å². The molecule has 7 nitrogen and oxygen atoms in total. The van der Waals surface area contributed by atoms with Crippen molar-refractivity contribution in [2.75, 3.05) is 0 Å². The molecular formula is C18H36Na2O7S. The van der Waals surface area contributed by atoms with Crippen LogP contribution in [-0.2, 0) is 24.4 Å². The van der Waals surface area contributed by atoms with Crippen LogP contribution < -0.4 is 0 Å². The van der Waals surface area contributed by atoms with Crippen molar-refractivity contribution in [2.45, 2.75) is 102 Å². The van der Waals surface area contributed by atoms with E-state index in [9.17, 15) is 18.0 Å². The number of unbranched alkanes of at least 4 members (excludes halogenated alkanes) is 7. The van der Waals surface area contributed by atoms with E-state index >= 15 is 0 Å². The average Bonchev–Trinajstić information content (AvgIpc) is 2.54. The molecule has 0 aromatic carbocycles. The van der Waals surface area contributed by atoms with Crippen molar-refractivity contribution in [1.82, 2.24) is 0 Å². The normalized spacial score (nSPS) is 13.0.